The van der Waals surface area contributed by atoms with Gasteiger partial charge in [-0.05, 0) is 36.5 Å². The van der Waals surface area contributed by atoms with Crippen LogP contribution in [0.5, 0.6) is 0 Å². The Kier molecular flexibility index (Phi) is 5.43. The van der Waals surface area contributed by atoms with Crippen LogP contribution in [0.4, 0.5) is 0 Å². The second-order valence-corrected chi connectivity index (χ2v) is 11.2. The van der Waals surface area contributed by atoms with Crippen LogP contribution in [0.25, 0.3) is 0 Å². The molecule has 2 atom stereocenters. The molecule has 3 aliphatic rings. The van der Waals surface area contributed by atoms with Crippen molar-refractivity contribution in [3.8, 4) is 0 Å². The normalized spacial score (nSPS) is 27.1. The summed E-state index contributed by atoms with van der Waals surface area (Å²) < 4.78 is 28.2. The molecule has 7 nitrogen and oxygen atoms in total. The maximum Gasteiger partial charge on any atom is 0.243 e. The van der Waals surface area contributed by atoms with Gasteiger partial charge in [0.2, 0.25) is 21.8 Å². The molecule has 3 heterocycles. The lowest BCUT2D eigenvalue weighted by atomic mass is 9.79. The highest BCUT2D eigenvalue weighted by Gasteiger charge is 2.60. The first-order valence-electron chi connectivity index (χ1n) is 10.8. The summed E-state index contributed by atoms with van der Waals surface area (Å²) >= 11 is 0. The van der Waals surface area contributed by atoms with Crippen molar-refractivity contribution in [2.75, 3.05) is 39.3 Å². The summed E-state index contributed by atoms with van der Waals surface area (Å²) in [6.45, 7) is 8.25. The Bertz CT molecular complexity index is 938. The van der Waals surface area contributed by atoms with Crippen molar-refractivity contribution < 1.29 is 18.0 Å². The molecule has 3 aliphatic heterocycles. The number of nitrogens with zero attached hydrogens (tertiary/aromatic N) is 3. The fourth-order valence-electron chi connectivity index (χ4n) is 5.15. The Morgan fingerprint density at radius 1 is 1.00 bits per heavy atom. The van der Waals surface area contributed by atoms with Crippen molar-refractivity contribution in [2.24, 2.45) is 11.3 Å². The van der Waals surface area contributed by atoms with E-state index in [0.717, 1.165) is 31.5 Å². The minimum absolute atomic E-state index is 0.0154. The van der Waals surface area contributed by atoms with E-state index in [1.807, 2.05) is 17.0 Å². The Labute approximate surface area is 179 Å². The van der Waals surface area contributed by atoms with Gasteiger partial charge in [-0.15, -0.1) is 0 Å². The third-order valence-electron chi connectivity index (χ3n) is 7.03. The van der Waals surface area contributed by atoms with Crippen LogP contribution in [0.2, 0.25) is 0 Å². The molecule has 164 valence electrons. The third kappa shape index (κ3) is 3.43. The molecule has 4 rings (SSSR count). The standard InChI is InChI=1S/C22H31N3O4S/c1-16(2)18-6-8-20(9-7-18)30(28,29)25-13-19-12-24(17(3)26)14-22(19,15-25)21(27)23-10-4-5-11-23/h6-9,16,19H,4-5,10-15H2,1-3H3/t19-,22-/m0/s1. The van der Waals surface area contributed by atoms with Gasteiger partial charge in [0.15, 0.2) is 0 Å². The van der Waals surface area contributed by atoms with Gasteiger partial charge in [0.1, 0.15) is 0 Å². The lowest BCUT2D eigenvalue weighted by molar-refractivity contribution is -0.141. The highest BCUT2D eigenvalue weighted by atomic mass is 32.2. The Morgan fingerprint density at radius 3 is 2.20 bits per heavy atom. The van der Waals surface area contributed by atoms with Crippen molar-refractivity contribution >= 4 is 21.8 Å². The van der Waals surface area contributed by atoms with Gasteiger partial charge in [-0.2, -0.15) is 4.31 Å². The van der Waals surface area contributed by atoms with E-state index in [9.17, 15) is 18.0 Å². The topological polar surface area (TPSA) is 78.0 Å². The molecule has 1 aromatic carbocycles. The third-order valence-corrected chi connectivity index (χ3v) is 8.85. The van der Waals surface area contributed by atoms with Gasteiger partial charge < -0.3 is 9.80 Å². The lowest BCUT2D eigenvalue weighted by Gasteiger charge is -2.32. The molecule has 2 amide bonds. The summed E-state index contributed by atoms with van der Waals surface area (Å²) in [5.41, 5.74) is 0.256. The summed E-state index contributed by atoms with van der Waals surface area (Å²) in [4.78, 5) is 29.4. The zero-order chi connectivity index (χ0) is 21.7. The van der Waals surface area contributed by atoms with Crippen LogP contribution in [0.15, 0.2) is 29.2 Å². The number of carbonyl (C=O) groups is 2. The molecule has 1 aromatic rings. The number of carbonyl (C=O) groups excluding carboxylic acids is 2. The van der Waals surface area contributed by atoms with Crippen molar-refractivity contribution in [2.45, 2.75) is 44.4 Å². The van der Waals surface area contributed by atoms with E-state index in [0.29, 0.717) is 19.0 Å². The number of likely N-dealkylation sites (tertiary alicyclic amines) is 2. The first-order valence-corrected chi connectivity index (χ1v) is 12.2. The van der Waals surface area contributed by atoms with Crippen LogP contribution in [0.1, 0.15) is 45.1 Å². The zero-order valence-corrected chi connectivity index (χ0v) is 18.8. The van der Waals surface area contributed by atoms with Crippen LogP contribution >= 0.6 is 0 Å². The number of hydrogen-bond acceptors (Lipinski definition) is 4. The molecule has 0 bridgehead atoms. The summed E-state index contributed by atoms with van der Waals surface area (Å²) in [6.07, 6.45) is 1.96. The fraction of sp³-hybridized carbons (Fsp3) is 0.636. The summed E-state index contributed by atoms with van der Waals surface area (Å²) in [6, 6.07) is 7.04. The monoisotopic (exact) mass is 433 g/mol. The van der Waals surface area contributed by atoms with E-state index in [1.54, 1.807) is 17.0 Å². The molecule has 0 unspecified atom stereocenters. The minimum atomic E-state index is -3.70. The van der Waals surface area contributed by atoms with Crippen LogP contribution in [0, 0.1) is 11.3 Å². The van der Waals surface area contributed by atoms with Crippen LogP contribution < -0.4 is 0 Å². The van der Waals surface area contributed by atoms with Crippen LogP contribution in [-0.4, -0.2) is 73.6 Å². The number of amides is 2. The van der Waals surface area contributed by atoms with Crippen LogP contribution in [0.3, 0.4) is 0 Å². The molecule has 0 spiro atoms. The molecular formula is C22H31N3O4S. The highest BCUT2D eigenvalue weighted by Crippen LogP contribution is 2.46. The summed E-state index contributed by atoms with van der Waals surface area (Å²) in [5.74, 6) is 0.115. The Morgan fingerprint density at radius 2 is 1.63 bits per heavy atom. The van der Waals surface area contributed by atoms with Crippen molar-refractivity contribution in [1.29, 1.82) is 0 Å². The second kappa shape index (κ2) is 7.64. The number of hydrogen-bond donors (Lipinski definition) is 0. The Hall–Kier alpha value is -1.93. The molecule has 3 fully saturated rings. The molecule has 0 saturated carbocycles. The predicted molar refractivity (Wildman–Crippen MR) is 113 cm³/mol. The number of rotatable bonds is 4. The molecule has 0 aromatic heterocycles. The summed E-state index contributed by atoms with van der Waals surface area (Å²) in [5, 5.41) is 0. The van der Waals surface area contributed by atoms with Gasteiger partial charge in [0, 0.05) is 52.1 Å². The van der Waals surface area contributed by atoms with Crippen LogP contribution in [-0.2, 0) is 19.6 Å². The van der Waals surface area contributed by atoms with Gasteiger partial charge in [0.05, 0.1) is 10.3 Å². The lowest BCUT2D eigenvalue weighted by Crippen LogP contribution is -2.49. The first kappa shape index (κ1) is 21.3. The number of fused-ring (bicyclic) bond motifs is 1. The Balaban J connectivity index is 1.63. The van der Waals surface area contributed by atoms with Gasteiger partial charge >= 0.3 is 0 Å². The quantitative estimate of drug-likeness (QED) is 0.727. The van der Waals surface area contributed by atoms with Gasteiger partial charge in [-0.25, -0.2) is 8.42 Å². The SMILES string of the molecule is CC(=O)N1C[C@H]2CN(S(=O)(=O)c3ccc(C(C)C)cc3)C[C@@]2(C(=O)N2CCCC2)C1. The molecule has 8 heteroatoms. The van der Waals surface area contributed by atoms with E-state index in [2.05, 4.69) is 13.8 Å². The zero-order valence-electron chi connectivity index (χ0n) is 18.0. The van der Waals surface area contributed by atoms with E-state index in [4.69, 9.17) is 0 Å². The maximum atomic E-state index is 13.5. The first-order chi connectivity index (χ1) is 14.1. The maximum absolute atomic E-state index is 13.5. The summed E-state index contributed by atoms with van der Waals surface area (Å²) in [7, 11) is -3.70. The molecule has 0 radical (unpaired) electrons. The molecular weight excluding hydrogens is 402 g/mol. The molecule has 0 aliphatic carbocycles. The highest BCUT2D eigenvalue weighted by molar-refractivity contribution is 7.89. The fourth-order valence-corrected chi connectivity index (χ4v) is 6.71. The van der Waals surface area contributed by atoms with E-state index < -0.39 is 15.4 Å². The van der Waals surface area contributed by atoms with Gasteiger partial charge in [-0.3, -0.25) is 9.59 Å². The predicted octanol–water partition coefficient (Wildman–Crippen LogP) is 1.90. The van der Waals surface area contributed by atoms with Crippen molar-refractivity contribution in [3.63, 3.8) is 0 Å². The van der Waals surface area contributed by atoms with E-state index >= 15 is 0 Å². The molecule has 0 N–H and O–H groups in total. The van der Waals surface area contributed by atoms with Gasteiger partial charge in [0.25, 0.3) is 0 Å². The molecule has 30 heavy (non-hydrogen) atoms. The average molecular weight is 434 g/mol. The largest absolute Gasteiger partial charge is 0.342 e. The number of benzene rings is 1. The minimum Gasteiger partial charge on any atom is -0.342 e. The second-order valence-electron chi connectivity index (χ2n) is 9.27. The molecule has 3 saturated heterocycles. The number of sulfonamides is 1. The van der Waals surface area contributed by atoms with Crippen molar-refractivity contribution in [1.82, 2.24) is 14.1 Å². The van der Waals surface area contributed by atoms with E-state index in [1.165, 1.54) is 11.2 Å². The van der Waals surface area contributed by atoms with Gasteiger partial charge in [-0.1, -0.05) is 26.0 Å². The average Bonchev–Trinajstić information content (AvgIpc) is 3.42. The van der Waals surface area contributed by atoms with E-state index in [-0.39, 0.29) is 35.7 Å². The van der Waals surface area contributed by atoms with Crippen molar-refractivity contribution in [3.05, 3.63) is 29.8 Å². The smallest absolute Gasteiger partial charge is 0.243 e.